The van der Waals surface area contributed by atoms with E-state index in [-0.39, 0.29) is 5.96 Å². The SMILES string of the molecule is CC(=O)NC1=N[C@]2(C(C)=O)C(OC(C)=O)C=C(C)CC2C(=O)N1. The van der Waals surface area contributed by atoms with Gasteiger partial charge in [-0.05, 0) is 26.3 Å². The van der Waals surface area contributed by atoms with Crippen molar-refractivity contribution in [3.8, 4) is 0 Å². The second kappa shape index (κ2) is 5.94. The fourth-order valence-electron chi connectivity index (χ4n) is 3.03. The number of nitrogens with one attached hydrogen (secondary N) is 2. The molecule has 2 aliphatic rings. The van der Waals surface area contributed by atoms with Gasteiger partial charge in [-0.2, -0.15) is 0 Å². The highest BCUT2D eigenvalue weighted by Crippen LogP contribution is 2.41. The number of ether oxygens (including phenoxy) is 1. The van der Waals surface area contributed by atoms with Crippen LogP contribution in [0.5, 0.6) is 0 Å². The molecule has 8 heteroatoms. The number of amides is 2. The largest absolute Gasteiger partial charge is 0.455 e. The summed E-state index contributed by atoms with van der Waals surface area (Å²) >= 11 is 0. The number of hydrogen-bond acceptors (Lipinski definition) is 6. The van der Waals surface area contributed by atoms with E-state index in [1.54, 1.807) is 13.0 Å². The van der Waals surface area contributed by atoms with Crippen molar-refractivity contribution in [3.63, 3.8) is 0 Å². The highest BCUT2D eigenvalue weighted by Gasteiger charge is 2.58. The molecule has 0 fully saturated rings. The van der Waals surface area contributed by atoms with Gasteiger partial charge in [-0.3, -0.25) is 29.8 Å². The number of nitrogens with zero attached hydrogens (tertiary/aromatic N) is 1. The van der Waals surface area contributed by atoms with Gasteiger partial charge >= 0.3 is 5.97 Å². The molecule has 0 spiro atoms. The first kappa shape index (κ1) is 16.9. The van der Waals surface area contributed by atoms with E-state index >= 15 is 0 Å². The molecule has 0 aromatic heterocycles. The highest BCUT2D eigenvalue weighted by molar-refractivity contribution is 6.10. The van der Waals surface area contributed by atoms with E-state index in [0.29, 0.717) is 6.42 Å². The molecule has 8 nitrogen and oxygen atoms in total. The Morgan fingerprint density at radius 1 is 1.35 bits per heavy atom. The number of esters is 1. The number of allylic oxidation sites excluding steroid dienone is 1. The molecule has 2 unspecified atom stereocenters. The number of rotatable bonds is 2. The minimum Gasteiger partial charge on any atom is -0.455 e. The van der Waals surface area contributed by atoms with Gasteiger partial charge in [0.25, 0.3) is 0 Å². The van der Waals surface area contributed by atoms with E-state index < -0.39 is 41.1 Å². The van der Waals surface area contributed by atoms with E-state index in [2.05, 4.69) is 15.6 Å². The summed E-state index contributed by atoms with van der Waals surface area (Å²) in [7, 11) is 0. The van der Waals surface area contributed by atoms with Crippen molar-refractivity contribution >= 4 is 29.5 Å². The lowest BCUT2D eigenvalue weighted by Gasteiger charge is -2.44. The van der Waals surface area contributed by atoms with Gasteiger partial charge in [-0.25, -0.2) is 4.99 Å². The first-order chi connectivity index (χ1) is 10.7. The predicted molar refractivity (Wildman–Crippen MR) is 80.2 cm³/mol. The number of fused-ring (bicyclic) bond motifs is 1. The topological polar surface area (TPSA) is 114 Å². The van der Waals surface area contributed by atoms with Crippen LogP contribution >= 0.6 is 0 Å². The van der Waals surface area contributed by atoms with Crippen LogP contribution in [0.25, 0.3) is 0 Å². The van der Waals surface area contributed by atoms with Crippen molar-refractivity contribution < 1.29 is 23.9 Å². The van der Waals surface area contributed by atoms with Crippen LogP contribution in [-0.4, -0.2) is 41.2 Å². The summed E-state index contributed by atoms with van der Waals surface area (Å²) in [5.74, 6) is -2.78. The maximum absolute atomic E-state index is 12.4. The van der Waals surface area contributed by atoms with Crippen molar-refractivity contribution in [2.45, 2.75) is 45.8 Å². The minimum absolute atomic E-state index is 0.112. The number of aliphatic imine (C=N–C) groups is 1. The fourth-order valence-corrected chi connectivity index (χ4v) is 3.03. The molecule has 2 rings (SSSR count). The Bertz CT molecular complexity index is 651. The number of carbonyl (C=O) groups is 4. The molecule has 2 amide bonds. The molecule has 1 heterocycles. The quantitative estimate of drug-likeness (QED) is 0.541. The first-order valence-corrected chi connectivity index (χ1v) is 7.20. The van der Waals surface area contributed by atoms with Crippen LogP contribution < -0.4 is 10.6 Å². The van der Waals surface area contributed by atoms with Crippen LogP contribution in [0.1, 0.15) is 34.1 Å². The summed E-state index contributed by atoms with van der Waals surface area (Å²) in [6.45, 7) is 5.57. The van der Waals surface area contributed by atoms with E-state index in [1.165, 1.54) is 20.8 Å². The molecule has 0 aromatic rings. The molecule has 1 aliphatic carbocycles. The maximum Gasteiger partial charge on any atom is 0.303 e. The summed E-state index contributed by atoms with van der Waals surface area (Å²) in [6.07, 6.45) is 0.957. The Morgan fingerprint density at radius 2 is 2.00 bits per heavy atom. The van der Waals surface area contributed by atoms with Gasteiger partial charge in [-0.1, -0.05) is 5.57 Å². The third-order valence-corrected chi connectivity index (χ3v) is 3.93. The van der Waals surface area contributed by atoms with E-state index in [1.807, 2.05) is 0 Å². The molecule has 3 atom stereocenters. The molecule has 2 N–H and O–H groups in total. The number of hydrogen-bond donors (Lipinski definition) is 2. The standard InChI is InChI=1S/C15H19N3O5/c1-7-5-11-13(22)17-14(16-9(3)20)18-15(11,8(2)19)12(6-7)23-10(4)21/h6,11-12H,5H2,1-4H3,(H2,16,17,18,20,22)/t11?,12?,15-/m0/s1. The second-order valence-corrected chi connectivity index (χ2v) is 5.81. The van der Waals surface area contributed by atoms with Crippen LogP contribution in [0.4, 0.5) is 0 Å². The van der Waals surface area contributed by atoms with Gasteiger partial charge in [-0.15, -0.1) is 0 Å². The minimum atomic E-state index is -1.56. The fraction of sp³-hybridized carbons (Fsp3) is 0.533. The molecule has 23 heavy (non-hydrogen) atoms. The number of Topliss-reactive ketones (excluding diaryl/α,β-unsaturated/α-hetero) is 1. The van der Waals surface area contributed by atoms with Crippen molar-refractivity contribution in [1.29, 1.82) is 0 Å². The molecule has 0 saturated heterocycles. The Morgan fingerprint density at radius 3 is 2.52 bits per heavy atom. The van der Waals surface area contributed by atoms with Crippen LogP contribution in [0.3, 0.4) is 0 Å². The molecule has 0 saturated carbocycles. The normalized spacial score (nSPS) is 29.5. The summed E-state index contributed by atoms with van der Waals surface area (Å²) < 4.78 is 5.26. The van der Waals surface area contributed by atoms with Crippen LogP contribution in [-0.2, 0) is 23.9 Å². The zero-order chi connectivity index (χ0) is 17.4. The van der Waals surface area contributed by atoms with Gasteiger partial charge < -0.3 is 4.74 Å². The number of guanidine groups is 1. The average molecular weight is 321 g/mol. The summed E-state index contributed by atoms with van der Waals surface area (Å²) in [5.41, 5.74) is -0.739. The van der Waals surface area contributed by atoms with E-state index in [4.69, 9.17) is 4.74 Å². The molecule has 0 bridgehead atoms. The van der Waals surface area contributed by atoms with Gasteiger partial charge in [0.05, 0.1) is 5.92 Å². The molecule has 0 aromatic carbocycles. The summed E-state index contributed by atoms with van der Waals surface area (Å²) in [5, 5.41) is 4.86. The summed E-state index contributed by atoms with van der Waals surface area (Å²) in [4.78, 5) is 51.8. The van der Waals surface area contributed by atoms with Crippen LogP contribution in [0.15, 0.2) is 16.6 Å². The van der Waals surface area contributed by atoms with Crippen molar-refractivity contribution in [2.24, 2.45) is 10.9 Å². The zero-order valence-electron chi connectivity index (χ0n) is 13.4. The Kier molecular flexibility index (Phi) is 4.35. The van der Waals surface area contributed by atoms with Gasteiger partial charge in [0, 0.05) is 13.8 Å². The maximum atomic E-state index is 12.4. The van der Waals surface area contributed by atoms with E-state index in [0.717, 1.165) is 5.57 Å². The third-order valence-electron chi connectivity index (χ3n) is 3.93. The average Bonchev–Trinajstić information content (AvgIpc) is 2.38. The van der Waals surface area contributed by atoms with Gasteiger partial charge in [0.15, 0.2) is 17.4 Å². The van der Waals surface area contributed by atoms with Gasteiger partial charge in [0.1, 0.15) is 0 Å². The molecular formula is C15H19N3O5. The Labute approximate surface area is 133 Å². The second-order valence-electron chi connectivity index (χ2n) is 5.81. The smallest absolute Gasteiger partial charge is 0.303 e. The molecule has 0 radical (unpaired) electrons. The predicted octanol–water partition coefficient (Wildman–Crippen LogP) is -0.166. The number of ketones is 1. The van der Waals surface area contributed by atoms with Gasteiger partial charge in [0.2, 0.25) is 17.8 Å². The third kappa shape index (κ3) is 3.01. The molecule has 124 valence electrons. The lowest BCUT2D eigenvalue weighted by Crippen LogP contribution is -2.65. The number of carbonyl (C=O) groups excluding carboxylic acids is 4. The summed E-state index contributed by atoms with van der Waals surface area (Å²) in [6, 6.07) is 0. The highest BCUT2D eigenvalue weighted by atomic mass is 16.5. The van der Waals surface area contributed by atoms with Crippen LogP contribution in [0.2, 0.25) is 0 Å². The first-order valence-electron chi connectivity index (χ1n) is 7.20. The Hall–Kier alpha value is -2.51. The van der Waals surface area contributed by atoms with E-state index in [9.17, 15) is 19.2 Å². The zero-order valence-corrected chi connectivity index (χ0v) is 13.4. The lowest BCUT2D eigenvalue weighted by atomic mass is 9.68. The monoisotopic (exact) mass is 321 g/mol. The Balaban J connectivity index is 2.61. The molecule has 1 aliphatic heterocycles. The molecular weight excluding hydrogens is 302 g/mol. The van der Waals surface area contributed by atoms with Crippen molar-refractivity contribution in [2.75, 3.05) is 0 Å². The van der Waals surface area contributed by atoms with Crippen molar-refractivity contribution in [1.82, 2.24) is 10.6 Å². The van der Waals surface area contributed by atoms with Crippen LogP contribution in [0, 0.1) is 5.92 Å². The lowest BCUT2D eigenvalue weighted by molar-refractivity contribution is -0.154. The van der Waals surface area contributed by atoms with Crippen molar-refractivity contribution in [3.05, 3.63) is 11.6 Å².